The van der Waals surface area contributed by atoms with Crippen molar-refractivity contribution in [2.45, 2.75) is 0 Å². The van der Waals surface area contributed by atoms with E-state index in [1.54, 1.807) is 6.07 Å². The zero-order valence-electron chi connectivity index (χ0n) is 13.3. The molecule has 10 heteroatoms. The first kappa shape index (κ1) is 19.9. The summed E-state index contributed by atoms with van der Waals surface area (Å²) in [5.74, 6) is -0.700. The minimum absolute atomic E-state index is 0.119. The van der Waals surface area contributed by atoms with Gasteiger partial charge in [0.1, 0.15) is 5.75 Å². The monoisotopic (exact) mass is 486 g/mol. The number of nitro groups is 1. The Morgan fingerprint density at radius 2 is 1.88 bits per heavy atom. The number of carbonyl (C=O) groups excluding carboxylic acids is 2. The third-order valence-corrected chi connectivity index (χ3v) is 4.44. The van der Waals surface area contributed by atoms with Crippen molar-refractivity contribution in [3.8, 4) is 5.75 Å². The molecule has 2 aromatic rings. The van der Waals surface area contributed by atoms with Crippen LogP contribution in [-0.4, -0.2) is 30.5 Å². The van der Waals surface area contributed by atoms with Gasteiger partial charge in [-0.3, -0.25) is 14.9 Å². The van der Waals surface area contributed by atoms with Gasteiger partial charge in [-0.1, -0.05) is 0 Å². The Morgan fingerprint density at radius 3 is 2.46 bits per heavy atom. The van der Waals surface area contributed by atoms with Gasteiger partial charge in [0.25, 0.3) is 11.6 Å². The molecule has 0 fully saturated rings. The van der Waals surface area contributed by atoms with Crippen LogP contribution in [0.15, 0.2) is 45.3 Å². The zero-order valence-corrected chi connectivity index (χ0v) is 16.5. The average molecular weight is 488 g/mol. The molecule has 2 rings (SSSR count). The molecule has 0 aliphatic rings. The smallest absolute Gasteiger partial charge is 0.338 e. The molecule has 0 aliphatic heterocycles. The zero-order chi connectivity index (χ0) is 19.3. The topological polar surface area (TPSA) is 108 Å². The first-order chi connectivity index (χ1) is 12.3. The number of methoxy groups -OCH3 is 1. The molecular weight excluding hydrogens is 476 g/mol. The molecule has 0 aliphatic carbocycles. The molecule has 136 valence electrons. The van der Waals surface area contributed by atoms with E-state index in [-0.39, 0.29) is 11.3 Å². The van der Waals surface area contributed by atoms with Crippen LogP contribution in [-0.2, 0) is 9.53 Å². The van der Waals surface area contributed by atoms with E-state index in [0.717, 1.165) is 0 Å². The van der Waals surface area contributed by atoms with Crippen molar-refractivity contribution in [2.24, 2.45) is 0 Å². The third-order valence-electron chi connectivity index (χ3n) is 3.16. The highest BCUT2D eigenvalue weighted by atomic mass is 79.9. The van der Waals surface area contributed by atoms with E-state index in [4.69, 9.17) is 9.47 Å². The van der Waals surface area contributed by atoms with Crippen molar-refractivity contribution in [1.82, 2.24) is 0 Å². The Balaban J connectivity index is 1.95. The Morgan fingerprint density at radius 1 is 1.15 bits per heavy atom. The highest BCUT2D eigenvalue weighted by Crippen LogP contribution is 2.27. The molecule has 0 spiro atoms. The number of carbonyl (C=O) groups is 2. The number of hydrogen-bond donors (Lipinski definition) is 1. The standard InChI is InChI=1S/C16H12Br2N2O6/c1-25-14-5-2-9(6-12(14)18)16(22)26-8-15(21)19-13-4-3-10(20(23)24)7-11(13)17/h2-7H,8H2,1H3,(H,19,21). The molecular formula is C16H12Br2N2O6. The van der Waals surface area contributed by atoms with Crippen LogP contribution < -0.4 is 10.1 Å². The SMILES string of the molecule is COc1ccc(C(=O)OCC(=O)Nc2ccc([N+](=O)[O-])cc2Br)cc1Br. The van der Waals surface area contributed by atoms with Gasteiger partial charge in [-0.05, 0) is 56.1 Å². The number of nitro benzene ring substituents is 1. The normalized spacial score (nSPS) is 10.1. The lowest BCUT2D eigenvalue weighted by atomic mass is 10.2. The quantitative estimate of drug-likeness (QED) is 0.375. The van der Waals surface area contributed by atoms with Crippen LogP contribution in [0.5, 0.6) is 5.75 Å². The molecule has 0 heterocycles. The predicted octanol–water partition coefficient (Wildman–Crippen LogP) is 3.92. The summed E-state index contributed by atoms with van der Waals surface area (Å²) < 4.78 is 10.9. The second-order valence-corrected chi connectivity index (χ2v) is 6.60. The van der Waals surface area contributed by atoms with Crippen LogP contribution in [0.1, 0.15) is 10.4 Å². The number of ether oxygens (including phenoxy) is 2. The number of anilines is 1. The van der Waals surface area contributed by atoms with Gasteiger partial charge in [-0.2, -0.15) is 0 Å². The summed E-state index contributed by atoms with van der Waals surface area (Å²) in [4.78, 5) is 34.0. The lowest BCUT2D eigenvalue weighted by Gasteiger charge is -2.09. The molecule has 8 nitrogen and oxygen atoms in total. The van der Waals surface area contributed by atoms with Gasteiger partial charge in [-0.25, -0.2) is 4.79 Å². The largest absolute Gasteiger partial charge is 0.496 e. The van der Waals surface area contributed by atoms with Gasteiger partial charge >= 0.3 is 5.97 Å². The van der Waals surface area contributed by atoms with E-state index >= 15 is 0 Å². The second-order valence-electron chi connectivity index (χ2n) is 4.89. The Hall–Kier alpha value is -2.46. The number of non-ortho nitro benzene ring substituents is 1. The van der Waals surface area contributed by atoms with E-state index in [9.17, 15) is 19.7 Å². The minimum atomic E-state index is -0.675. The molecule has 0 bridgehead atoms. The summed E-state index contributed by atoms with van der Waals surface area (Å²) in [6.07, 6.45) is 0. The summed E-state index contributed by atoms with van der Waals surface area (Å²) >= 11 is 6.40. The molecule has 1 N–H and O–H groups in total. The maximum Gasteiger partial charge on any atom is 0.338 e. The molecule has 0 saturated carbocycles. The van der Waals surface area contributed by atoms with Crippen molar-refractivity contribution >= 4 is 55.1 Å². The summed E-state index contributed by atoms with van der Waals surface area (Å²) in [6.45, 7) is -0.508. The summed E-state index contributed by atoms with van der Waals surface area (Å²) in [5.41, 5.74) is 0.456. The van der Waals surface area contributed by atoms with Crippen LogP contribution in [0.3, 0.4) is 0 Å². The van der Waals surface area contributed by atoms with Gasteiger partial charge in [0.15, 0.2) is 6.61 Å². The van der Waals surface area contributed by atoms with Gasteiger partial charge in [0.2, 0.25) is 0 Å². The van der Waals surface area contributed by atoms with Gasteiger partial charge in [0.05, 0.1) is 27.8 Å². The minimum Gasteiger partial charge on any atom is -0.496 e. The summed E-state index contributed by atoms with van der Waals surface area (Å²) in [6, 6.07) is 8.51. The number of rotatable bonds is 6. The van der Waals surface area contributed by atoms with Crippen molar-refractivity contribution in [3.63, 3.8) is 0 Å². The molecule has 0 radical (unpaired) electrons. The molecule has 1 amide bonds. The van der Waals surface area contributed by atoms with Crippen molar-refractivity contribution in [1.29, 1.82) is 0 Å². The van der Waals surface area contributed by atoms with Crippen molar-refractivity contribution < 1.29 is 24.0 Å². The predicted molar refractivity (Wildman–Crippen MR) is 100 cm³/mol. The number of hydrogen-bond acceptors (Lipinski definition) is 6. The van der Waals surface area contributed by atoms with Crippen LogP contribution in [0.25, 0.3) is 0 Å². The maximum atomic E-state index is 12.0. The van der Waals surface area contributed by atoms with Crippen molar-refractivity contribution in [3.05, 3.63) is 61.0 Å². The summed E-state index contributed by atoms with van der Waals surface area (Å²) in [7, 11) is 1.50. The molecule has 0 atom stereocenters. The van der Waals surface area contributed by atoms with Gasteiger partial charge < -0.3 is 14.8 Å². The van der Waals surface area contributed by atoms with E-state index < -0.39 is 23.4 Å². The van der Waals surface area contributed by atoms with Crippen LogP contribution in [0.2, 0.25) is 0 Å². The molecule has 2 aromatic carbocycles. The highest BCUT2D eigenvalue weighted by Gasteiger charge is 2.14. The van der Waals surface area contributed by atoms with E-state index in [2.05, 4.69) is 37.2 Å². The van der Waals surface area contributed by atoms with Gasteiger partial charge in [0, 0.05) is 16.6 Å². The molecule has 0 aromatic heterocycles. The van der Waals surface area contributed by atoms with E-state index in [0.29, 0.717) is 20.4 Å². The van der Waals surface area contributed by atoms with Crippen molar-refractivity contribution in [2.75, 3.05) is 19.0 Å². The number of nitrogens with one attached hydrogen (secondary N) is 1. The van der Waals surface area contributed by atoms with Crippen LogP contribution >= 0.6 is 31.9 Å². The fourth-order valence-electron chi connectivity index (χ4n) is 1.91. The fourth-order valence-corrected chi connectivity index (χ4v) is 2.92. The lowest BCUT2D eigenvalue weighted by molar-refractivity contribution is -0.384. The number of halogens is 2. The average Bonchev–Trinajstić information content (AvgIpc) is 2.61. The van der Waals surface area contributed by atoms with E-state index in [1.807, 2.05) is 0 Å². The van der Waals surface area contributed by atoms with Crippen LogP contribution in [0, 0.1) is 10.1 Å². The Kier molecular flexibility index (Phi) is 6.70. The number of nitrogens with zero attached hydrogens (tertiary/aromatic N) is 1. The maximum absolute atomic E-state index is 12.0. The number of amides is 1. The number of esters is 1. The molecule has 26 heavy (non-hydrogen) atoms. The first-order valence-corrected chi connectivity index (χ1v) is 8.65. The third kappa shape index (κ3) is 5.02. The molecule has 0 unspecified atom stereocenters. The van der Waals surface area contributed by atoms with Gasteiger partial charge in [-0.15, -0.1) is 0 Å². The first-order valence-electron chi connectivity index (χ1n) is 7.06. The fraction of sp³-hybridized carbons (Fsp3) is 0.125. The summed E-state index contributed by atoms with van der Waals surface area (Å²) in [5, 5.41) is 13.2. The lowest BCUT2D eigenvalue weighted by Crippen LogP contribution is -2.21. The van der Waals surface area contributed by atoms with E-state index in [1.165, 1.54) is 37.4 Å². The Labute approximate surface area is 164 Å². The second kappa shape index (κ2) is 8.77. The Bertz CT molecular complexity index is 872. The number of benzene rings is 2. The molecule has 0 saturated heterocycles. The van der Waals surface area contributed by atoms with Crippen LogP contribution in [0.4, 0.5) is 11.4 Å². The highest BCUT2D eigenvalue weighted by molar-refractivity contribution is 9.11.